The third-order valence-electron chi connectivity index (χ3n) is 4.59. The minimum absolute atomic E-state index is 0.0104. The first-order chi connectivity index (χ1) is 8.99. The van der Waals surface area contributed by atoms with Gasteiger partial charge in [0, 0.05) is 19.1 Å². The Morgan fingerprint density at radius 2 is 1.95 bits per heavy atom. The van der Waals surface area contributed by atoms with E-state index in [0.717, 1.165) is 19.3 Å². The van der Waals surface area contributed by atoms with Gasteiger partial charge in [0.05, 0.1) is 5.92 Å². The maximum absolute atomic E-state index is 12.1. The van der Waals surface area contributed by atoms with Crippen molar-refractivity contribution in [3.63, 3.8) is 0 Å². The minimum Gasteiger partial charge on any atom is -0.481 e. The Morgan fingerprint density at radius 1 is 1.26 bits per heavy atom. The molecular formula is C14H24N2O3. The van der Waals surface area contributed by atoms with Crippen molar-refractivity contribution < 1.29 is 14.7 Å². The van der Waals surface area contributed by atoms with Gasteiger partial charge in [-0.1, -0.05) is 6.42 Å². The molecule has 0 radical (unpaired) electrons. The molecule has 0 aliphatic heterocycles. The molecule has 3 atom stereocenters. The Morgan fingerprint density at radius 3 is 2.53 bits per heavy atom. The first-order valence-corrected chi connectivity index (χ1v) is 7.25. The van der Waals surface area contributed by atoms with Gasteiger partial charge >= 0.3 is 12.0 Å². The average molecular weight is 268 g/mol. The molecule has 0 aromatic heterocycles. The van der Waals surface area contributed by atoms with Crippen molar-refractivity contribution in [2.24, 2.45) is 11.8 Å². The van der Waals surface area contributed by atoms with Gasteiger partial charge in [0.2, 0.25) is 0 Å². The highest BCUT2D eigenvalue weighted by Crippen LogP contribution is 2.34. The Balaban J connectivity index is 1.82. The maximum Gasteiger partial charge on any atom is 0.317 e. The van der Waals surface area contributed by atoms with Crippen LogP contribution in [0.3, 0.4) is 0 Å². The van der Waals surface area contributed by atoms with Gasteiger partial charge in [0.15, 0.2) is 0 Å². The zero-order valence-electron chi connectivity index (χ0n) is 11.8. The van der Waals surface area contributed by atoms with Crippen LogP contribution < -0.4 is 5.32 Å². The fraction of sp³-hybridized carbons (Fsp3) is 0.857. The van der Waals surface area contributed by atoms with E-state index in [1.165, 1.54) is 12.8 Å². The molecule has 19 heavy (non-hydrogen) atoms. The molecule has 0 aromatic rings. The van der Waals surface area contributed by atoms with Crippen LogP contribution in [0, 0.1) is 11.8 Å². The van der Waals surface area contributed by atoms with Crippen molar-refractivity contribution in [1.29, 1.82) is 0 Å². The van der Waals surface area contributed by atoms with Crippen molar-refractivity contribution in [1.82, 2.24) is 10.2 Å². The van der Waals surface area contributed by atoms with Gasteiger partial charge in [0.25, 0.3) is 0 Å². The largest absolute Gasteiger partial charge is 0.481 e. The summed E-state index contributed by atoms with van der Waals surface area (Å²) in [6.07, 6.45) is 5.49. The summed E-state index contributed by atoms with van der Waals surface area (Å²) in [5.74, 6) is -0.391. The second kappa shape index (κ2) is 5.80. The molecule has 0 saturated heterocycles. The predicted octanol–water partition coefficient (Wildman–Crippen LogP) is 2.07. The lowest BCUT2D eigenvalue weighted by Crippen LogP contribution is -2.48. The van der Waals surface area contributed by atoms with Crippen LogP contribution in [0.4, 0.5) is 4.79 Å². The van der Waals surface area contributed by atoms with E-state index >= 15 is 0 Å². The van der Waals surface area contributed by atoms with Gasteiger partial charge in [-0.25, -0.2) is 4.79 Å². The zero-order chi connectivity index (χ0) is 14.0. The molecule has 3 unspecified atom stereocenters. The minimum atomic E-state index is -0.737. The van der Waals surface area contributed by atoms with Gasteiger partial charge in [-0.15, -0.1) is 0 Å². The number of nitrogens with zero attached hydrogens (tertiary/aromatic N) is 1. The summed E-state index contributed by atoms with van der Waals surface area (Å²) in [6.45, 7) is 2.08. The molecule has 2 amide bonds. The molecule has 2 aliphatic rings. The second-order valence-corrected chi connectivity index (χ2v) is 6.04. The summed E-state index contributed by atoms with van der Waals surface area (Å²) >= 11 is 0. The molecule has 0 heterocycles. The number of carbonyl (C=O) groups is 2. The summed E-state index contributed by atoms with van der Waals surface area (Å²) in [7, 11) is 1.83. The van der Waals surface area contributed by atoms with Crippen LogP contribution in [0.2, 0.25) is 0 Å². The summed E-state index contributed by atoms with van der Waals surface area (Å²) in [6, 6.07) is 0.227. The summed E-state index contributed by atoms with van der Waals surface area (Å²) in [4.78, 5) is 24.9. The second-order valence-electron chi connectivity index (χ2n) is 6.04. The van der Waals surface area contributed by atoms with Gasteiger partial charge in [-0.2, -0.15) is 0 Å². The van der Waals surface area contributed by atoms with E-state index in [4.69, 9.17) is 5.11 Å². The molecular weight excluding hydrogens is 244 g/mol. The number of carboxylic acid groups (broad SMARTS) is 1. The molecule has 2 rings (SSSR count). The van der Waals surface area contributed by atoms with Gasteiger partial charge in [-0.05, 0) is 44.9 Å². The number of carbonyl (C=O) groups excluding carboxylic acids is 1. The van der Waals surface area contributed by atoms with E-state index in [9.17, 15) is 9.59 Å². The van der Waals surface area contributed by atoms with Crippen LogP contribution in [0.5, 0.6) is 0 Å². The van der Waals surface area contributed by atoms with E-state index in [-0.39, 0.29) is 24.0 Å². The van der Waals surface area contributed by atoms with E-state index in [1.54, 1.807) is 4.90 Å². The Hall–Kier alpha value is -1.26. The third-order valence-corrected chi connectivity index (χ3v) is 4.59. The van der Waals surface area contributed by atoms with Crippen molar-refractivity contribution in [3.05, 3.63) is 0 Å². The number of nitrogens with one attached hydrogen (secondary N) is 1. The standard InChI is InChI=1S/C14H24N2O3/c1-9(10-6-7-10)16(2)14(19)15-12-5-3-4-11(8-12)13(17)18/h9-12H,3-8H2,1-2H3,(H,15,19)(H,17,18). The molecule has 0 bridgehead atoms. The molecule has 2 N–H and O–H groups in total. The fourth-order valence-corrected chi connectivity index (χ4v) is 2.90. The van der Waals surface area contributed by atoms with Crippen LogP contribution in [0.1, 0.15) is 45.4 Å². The SMILES string of the molecule is CC(C1CC1)N(C)C(=O)NC1CCCC(C(=O)O)C1. The normalized spacial score (nSPS) is 28.5. The molecule has 0 spiro atoms. The smallest absolute Gasteiger partial charge is 0.317 e. The number of carboxylic acids is 1. The predicted molar refractivity (Wildman–Crippen MR) is 71.9 cm³/mol. The number of aliphatic carboxylic acids is 1. The summed E-state index contributed by atoms with van der Waals surface area (Å²) < 4.78 is 0. The Labute approximate surface area is 114 Å². The van der Waals surface area contributed by atoms with Crippen LogP contribution >= 0.6 is 0 Å². The molecule has 5 heteroatoms. The molecule has 2 aliphatic carbocycles. The highest BCUT2D eigenvalue weighted by molar-refractivity contribution is 5.75. The number of hydrogen-bond acceptors (Lipinski definition) is 2. The van der Waals surface area contributed by atoms with Gasteiger partial charge < -0.3 is 15.3 Å². The summed E-state index contributed by atoms with van der Waals surface area (Å²) in [5.41, 5.74) is 0. The van der Waals surface area contributed by atoms with Crippen molar-refractivity contribution in [2.45, 2.75) is 57.5 Å². The molecule has 108 valence electrons. The van der Waals surface area contributed by atoms with E-state index in [0.29, 0.717) is 12.3 Å². The lowest BCUT2D eigenvalue weighted by Gasteiger charge is -2.31. The van der Waals surface area contributed by atoms with Crippen LogP contribution in [0.15, 0.2) is 0 Å². The molecule has 5 nitrogen and oxygen atoms in total. The number of amides is 2. The fourth-order valence-electron chi connectivity index (χ4n) is 2.90. The quantitative estimate of drug-likeness (QED) is 0.820. The van der Waals surface area contributed by atoms with E-state index < -0.39 is 5.97 Å². The van der Waals surface area contributed by atoms with Crippen molar-refractivity contribution in [3.8, 4) is 0 Å². The topological polar surface area (TPSA) is 69.6 Å². The Kier molecular flexibility index (Phi) is 4.32. The first kappa shape index (κ1) is 14.2. The third kappa shape index (κ3) is 3.61. The average Bonchev–Trinajstić information content (AvgIpc) is 3.21. The lowest BCUT2D eigenvalue weighted by atomic mass is 9.86. The highest BCUT2D eigenvalue weighted by Gasteiger charge is 2.34. The van der Waals surface area contributed by atoms with Crippen LogP contribution in [-0.2, 0) is 4.79 Å². The lowest BCUT2D eigenvalue weighted by molar-refractivity contribution is -0.143. The van der Waals surface area contributed by atoms with E-state index in [2.05, 4.69) is 12.2 Å². The summed E-state index contributed by atoms with van der Waals surface area (Å²) in [5, 5.41) is 12.0. The maximum atomic E-state index is 12.1. The van der Waals surface area contributed by atoms with Crippen LogP contribution in [-0.4, -0.2) is 41.1 Å². The van der Waals surface area contributed by atoms with Gasteiger partial charge in [-0.3, -0.25) is 4.79 Å². The van der Waals surface area contributed by atoms with Crippen LogP contribution in [0.25, 0.3) is 0 Å². The first-order valence-electron chi connectivity index (χ1n) is 7.25. The monoisotopic (exact) mass is 268 g/mol. The van der Waals surface area contributed by atoms with E-state index in [1.807, 2.05) is 7.05 Å². The number of hydrogen-bond donors (Lipinski definition) is 2. The Bertz CT molecular complexity index is 355. The molecule has 2 saturated carbocycles. The van der Waals surface area contributed by atoms with Gasteiger partial charge in [0.1, 0.15) is 0 Å². The highest BCUT2D eigenvalue weighted by atomic mass is 16.4. The number of rotatable bonds is 4. The molecule has 0 aromatic carbocycles. The molecule has 2 fully saturated rings. The number of urea groups is 1. The van der Waals surface area contributed by atoms with Crippen molar-refractivity contribution in [2.75, 3.05) is 7.05 Å². The van der Waals surface area contributed by atoms with Crippen molar-refractivity contribution >= 4 is 12.0 Å². The zero-order valence-corrected chi connectivity index (χ0v) is 11.8.